The molecule has 0 bridgehead atoms. The van der Waals surface area contributed by atoms with E-state index < -0.39 is 16.6 Å². The SMILES string of the molecule is COc1ccc(-c2ccc3c(CCCN4CCS(=O)CC4)cn(-c4cccc(N)c4)c3n2)cc1F. The number of pyridine rings is 1. The summed E-state index contributed by atoms with van der Waals surface area (Å²) in [7, 11) is 0.796. The number of methoxy groups -OCH3 is 1. The third-order valence-corrected chi connectivity index (χ3v) is 7.80. The lowest BCUT2D eigenvalue weighted by Gasteiger charge is -2.25. The molecule has 4 aromatic rings. The first-order valence-electron chi connectivity index (χ1n) is 11.8. The second-order valence-corrected chi connectivity index (χ2v) is 10.5. The zero-order valence-corrected chi connectivity index (χ0v) is 20.6. The number of fused-ring (bicyclic) bond motifs is 1. The number of anilines is 1. The van der Waals surface area contributed by atoms with Crippen LogP contribution in [-0.4, -0.2) is 56.9 Å². The third kappa shape index (κ3) is 5.09. The smallest absolute Gasteiger partial charge is 0.165 e. The summed E-state index contributed by atoms with van der Waals surface area (Å²) in [6, 6.07) is 16.6. The zero-order chi connectivity index (χ0) is 24.4. The predicted molar refractivity (Wildman–Crippen MR) is 140 cm³/mol. The van der Waals surface area contributed by atoms with Gasteiger partial charge in [-0.1, -0.05) is 6.07 Å². The maximum absolute atomic E-state index is 14.4. The van der Waals surface area contributed by atoms with Crippen LogP contribution in [0.3, 0.4) is 0 Å². The second kappa shape index (κ2) is 10.2. The molecule has 2 N–H and O–H groups in total. The number of aromatic nitrogens is 2. The Morgan fingerprint density at radius 3 is 2.69 bits per heavy atom. The Hall–Kier alpha value is -3.23. The van der Waals surface area contributed by atoms with Gasteiger partial charge in [0.2, 0.25) is 0 Å². The van der Waals surface area contributed by atoms with E-state index in [9.17, 15) is 8.60 Å². The Labute approximate surface area is 207 Å². The molecule has 1 aliphatic rings. The van der Waals surface area contributed by atoms with Crippen LogP contribution in [0.1, 0.15) is 12.0 Å². The topological polar surface area (TPSA) is 73.4 Å². The van der Waals surface area contributed by atoms with E-state index in [0.717, 1.165) is 60.7 Å². The minimum Gasteiger partial charge on any atom is -0.494 e. The predicted octanol–water partition coefficient (Wildman–Crippen LogP) is 4.42. The first-order chi connectivity index (χ1) is 17.0. The molecule has 35 heavy (non-hydrogen) atoms. The number of rotatable bonds is 7. The molecule has 1 saturated heterocycles. The minimum absolute atomic E-state index is 0.209. The molecule has 0 radical (unpaired) electrons. The summed E-state index contributed by atoms with van der Waals surface area (Å²) in [5, 5.41) is 1.07. The number of hydrogen-bond donors (Lipinski definition) is 1. The largest absolute Gasteiger partial charge is 0.494 e. The Morgan fingerprint density at radius 2 is 1.94 bits per heavy atom. The van der Waals surface area contributed by atoms with Gasteiger partial charge in [0.25, 0.3) is 0 Å². The average molecular weight is 493 g/mol. The quantitative estimate of drug-likeness (QED) is 0.387. The van der Waals surface area contributed by atoms with Crippen LogP contribution >= 0.6 is 0 Å². The molecule has 0 aliphatic carbocycles. The van der Waals surface area contributed by atoms with Gasteiger partial charge in [0.1, 0.15) is 5.65 Å². The van der Waals surface area contributed by atoms with Crippen LogP contribution in [-0.2, 0) is 17.2 Å². The summed E-state index contributed by atoms with van der Waals surface area (Å²) >= 11 is 0. The third-order valence-electron chi connectivity index (χ3n) is 6.52. The van der Waals surface area contributed by atoms with Crippen molar-refractivity contribution in [2.45, 2.75) is 12.8 Å². The summed E-state index contributed by atoms with van der Waals surface area (Å²) in [4.78, 5) is 7.34. The summed E-state index contributed by atoms with van der Waals surface area (Å²) in [6.45, 7) is 2.79. The molecule has 6 nitrogen and oxygen atoms in total. The van der Waals surface area contributed by atoms with Gasteiger partial charge in [0, 0.05) is 63.9 Å². The highest BCUT2D eigenvalue weighted by Gasteiger charge is 2.17. The number of halogens is 1. The van der Waals surface area contributed by atoms with Crippen LogP contribution < -0.4 is 10.5 Å². The van der Waals surface area contributed by atoms with E-state index in [1.165, 1.54) is 18.7 Å². The molecular weight excluding hydrogens is 463 g/mol. The Bertz CT molecular complexity index is 1380. The van der Waals surface area contributed by atoms with Crippen LogP contribution in [0.15, 0.2) is 60.8 Å². The number of aryl methyl sites for hydroxylation is 1. The normalized spacial score (nSPS) is 15.0. The molecule has 1 aliphatic heterocycles. The van der Waals surface area contributed by atoms with Crippen LogP contribution in [0.25, 0.3) is 28.0 Å². The molecule has 0 amide bonds. The van der Waals surface area contributed by atoms with E-state index >= 15 is 0 Å². The Kier molecular flexibility index (Phi) is 6.83. The van der Waals surface area contributed by atoms with Crippen molar-refractivity contribution in [2.75, 3.05) is 44.0 Å². The first kappa shape index (κ1) is 23.5. The van der Waals surface area contributed by atoms with E-state index in [2.05, 4.69) is 21.7 Å². The van der Waals surface area contributed by atoms with Gasteiger partial charge in [-0.15, -0.1) is 0 Å². The van der Waals surface area contributed by atoms with Gasteiger partial charge in [-0.05, 0) is 73.5 Å². The fraction of sp³-hybridized carbons (Fsp3) is 0.296. The molecule has 0 unspecified atom stereocenters. The molecular formula is C27H29FN4O2S. The van der Waals surface area contributed by atoms with Gasteiger partial charge in [0.05, 0.1) is 12.8 Å². The number of nitrogens with two attached hydrogens (primary N) is 1. The molecule has 0 saturated carbocycles. The van der Waals surface area contributed by atoms with Crippen LogP contribution in [0.5, 0.6) is 5.75 Å². The fourth-order valence-electron chi connectivity index (χ4n) is 4.62. The van der Waals surface area contributed by atoms with Crippen molar-refractivity contribution in [1.29, 1.82) is 0 Å². The van der Waals surface area contributed by atoms with Gasteiger partial charge in [0.15, 0.2) is 11.6 Å². The van der Waals surface area contributed by atoms with Gasteiger partial charge < -0.3 is 19.9 Å². The number of nitrogens with zero attached hydrogens (tertiary/aromatic N) is 3. The van der Waals surface area contributed by atoms with E-state index in [4.69, 9.17) is 15.5 Å². The lowest BCUT2D eigenvalue weighted by molar-refractivity contribution is 0.296. The van der Waals surface area contributed by atoms with Gasteiger partial charge in [-0.2, -0.15) is 0 Å². The summed E-state index contributed by atoms with van der Waals surface area (Å²) < 4.78 is 33.1. The highest BCUT2D eigenvalue weighted by Crippen LogP contribution is 2.30. The summed E-state index contributed by atoms with van der Waals surface area (Å²) in [5.41, 5.74) is 11.1. The van der Waals surface area contributed by atoms with Crippen molar-refractivity contribution in [1.82, 2.24) is 14.5 Å². The molecule has 182 valence electrons. The van der Waals surface area contributed by atoms with Crippen molar-refractivity contribution < 1.29 is 13.3 Å². The minimum atomic E-state index is -0.657. The molecule has 5 rings (SSSR count). The van der Waals surface area contributed by atoms with Gasteiger partial charge in [-0.3, -0.25) is 4.21 Å². The van der Waals surface area contributed by atoms with Crippen molar-refractivity contribution >= 4 is 27.5 Å². The van der Waals surface area contributed by atoms with Crippen LogP contribution in [0.4, 0.5) is 10.1 Å². The van der Waals surface area contributed by atoms with Crippen molar-refractivity contribution in [3.8, 4) is 22.7 Å². The molecule has 2 aromatic heterocycles. The number of ether oxygens (including phenoxy) is 1. The van der Waals surface area contributed by atoms with Crippen molar-refractivity contribution in [2.24, 2.45) is 0 Å². The molecule has 2 aromatic carbocycles. The molecule has 3 heterocycles. The zero-order valence-electron chi connectivity index (χ0n) is 19.7. The second-order valence-electron chi connectivity index (χ2n) is 8.83. The Balaban J connectivity index is 1.48. The number of nitrogen functional groups attached to an aromatic ring is 1. The van der Waals surface area contributed by atoms with E-state index in [0.29, 0.717) is 16.9 Å². The average Bonchev–Trinajstić information content (AvgIpc) is 3.23. The molecule has 1 fully saturated rings. The molecule has 0 atom stereocenters. The maximum atomic E-state index is 14.4. The van der Waals surface area contributed by atoms with Crippen LogP contribution in [0, 0.1) is 5.82 Å². The van der Waals surface area contributed by atoms with Gasteiger partial charge >= 0.3 is 0 Å². The monoisotopic (exact) mass is 492 g/mol. The highest BCUT2D eigenvalue weighted by atomic mass is 32.2. The molecule has 8 heteroatoms. The van der Waals surface area contributed by atoms with E-state index in [1.54, 1.807) is 6.07 Å². The first-order valence-corrected chi connectivity index (χ1v) is 13.3. The van der Waals surface area contributed by atoms with Gasteiger partial charge in [-0.25, -0.2) is 9.37 Å². The standard InChI is InChI=1S/C27H29FN4O2S/c1-34-26-10-7-19(16-24(26)28)25-9-8-23-20(4-3-11-31-12-14-35(33)15-13-31)18-32(27(23)30-25)22-6-2-5-21(29)17-22/h2,5-10,16-18H,3-4,11-15,29H2,1H3. The summed E-state index contributed by atoms with van der Waals surface area (Å²) in [5.74, 6) is 1.33. The van der Waals surface area contributed by atoms with Crippen LogP contribution in [0.2, 0.25) is 0 Å². The van der Waals surface area contributed by atoms with E-state index in [-0.39, 0.29) is 5.75 Å². The lowest BCUT2D eigenvalue weighted by atomic mass is 10.1. The maximum Gasteiger partial charge on any atom is 0.165 e. The number of hydrogen-bond acceptors (Lipinski definition) is 5. The van der Waals surface area contributed by atoms with E-state index in [1.807, 2.05) is 36.4 Å². The van der Waals surface area contributed by atoms with Crippen molar-refractivity contribution in [3.05, 3.63) is 72.2 Å². The Morgan fingerprint density at radius 1 is 1.11 bits per heavy atom. The van der Waals surface area contributed by atoms with Crippen molar-refractivity contribution in [3.63, 3.8) is 0 Å². The molecule has 0 spiro atoms. The summed E-state index contributed by atoms with van der Waals surface area (Å²) in [6.07, 6.45) is 4.05. The fourth-order valence-corrected chi connectivity index (χ4v) is 5.75. The lowest BCUT2D eigenvalue weighted by Crippen LogP contribution is -2.38. The number of benzene rings is 2. The highest BCUT2D eigenvalue weighted by molar-refractivity contribution is 7.85.